The number of anilines is 1. The van der Waals surface area contributed by atoms with Gasteiger partial charge in [-0.15, -0.1) is 11.3 Å². The molecule has 3 heterocycles. The van der Waals surface area contributed by atoms with Gasteiger partial charge in [0.05, 0.1) is 0 Å². The van der Waals surface area contributed by atoms with E-state index in [-0.39, 0.29) is 5.69 Å². The van der Waals surface area contributed by atoms with Gasteiger partial charge in [0.25, 0.3) is 0 Å². The molecule has 104 valence electrons. The molecule has 6 heteroatoms. The Hall–Kier alpha value is -1.14. The third kappa shape index (κ3) is 2.47. The summed E-state index contributed by atoms with van der Waals surface area (Å²) in [5.74, 6) is -0.920. The van der Waals surface area contributed by atoms with E-state index in [1.54, 1.807) is 0 Å². The van der Waals surface area contributed by atoms with Crippen molar-refractivity contribution < 1.29 is 9.90 Å². The second-order valence-corrected chi connectivity index (χ2v) is 6.52. The standard InChI is InChI=1S/C13H19N3O2S/c1-9-11(12(17)18)14-13(19-9)16-7-6-15-5-3-2-4-10(15)8-16/h10H,2-8H2,1H3,(H,17,18). The zero-order valence-corrected chi connectivity index (χ0v) is 11.9. The molecule has 5 nitrogen and oxygen atoms in total. The van der Waals surface area contributed by atoms with Crippen LogP contribution in [0.5, 0.6) is 0 Å². The number of fused-ring (bicyclic) bond motifs is 1. The minimum absolute atomic E-state index is 0.214. The monoisotopic (exact) mass is 281 g/mol. The fourth-order valence-electron chi connectivity index (χ4n) is 3.05. The summed E-state index contributed by atoms with van der Waals surface area (Å²) in [6.45, 7) is 6.08. The minimum atomic E-state index is -0.920. The van der Waals surface area contributed by atoms with Crippen LogP contribution in [-0.4, -0.2) is 53.2 Å². The Morgan fingerprint density at radius 1 is 1.37 bits per heavy atom. The Morgan fingerprint density at radius 3 is 2.95 bits per heavy atom. The second-order valence-electron chi connectivity index (χ2n) is 5.34. The highest BCUT2D eigenvalue weighted by Crippen LogP contribution is 2.29. The topological polar surface area (TPSA) is 56.7 Å². The number of rotatable bonds is 2. The first-order valence-corrected chi connectivity index (χ1v) is 7.66. The van der Waals surface area contributed by atoms with Crippen LogP contribution in [0.2, 0.25) is 0 Å². The van der Waals surface area contributed by atoms with Gasteiger partial charge in [-0.1, -0.05) is 6.42 Å². The zero-order chi connectivity index (χ0) is 13.4. The van der Waals surface area contributed by atoms with Crippen LogP contribution >= 0.6 is 11.3 Å². The Morgan fingerprint density at radius 2 is 2.21 bits per heavy atom. The van der Waals surface area contributed by atoms with Crippen molar-refractivity contribution in [2.45, 2.75) is 32.2 Å². The number of thiazole rings is 1. The summed E-state index contributed by atoms with van der Waals surface area (Å²) in [6.07, 6.45) is 3.88. The fourth-order valence-corrected chi connectivity index (χ4v) is 3.98. The summed E-state index contributed by atoms with van der Waals surface area (Å²) in [4.78, 5) is 21.0. The molecule has 19 heavy (non-hydrogen) atoms. The number of piperazine rings is 1. The van der Waals surface area contributed by atoms with Gasteiger partial charge in [-0.25, -0.2) is 9.78 Å². The number of piperidine rings is 1. The average Bonchev–Trinajstić information content (AvgIpc) is 2.80. The van der Waals surface area contributed by atoms with Crippen LogP contribution < -0.4 is 4.90 Å². The van der Waals surface area contributed by atoms with Crippen molar-refractivity contribution >= 4 is 22.4 Å². The van der Waals surface area contributed by atoms with Gasteiger partial charge < -0.3 is 10.0 Å². The number of carbonyl (C=O) groups is 1. The van der Waals surface area contributed by atoms with Gasteiger partial charge >= 0.3 is 5.97 Å². The molecule has 1 atom stereocenters. The fraction of sp³-hybridized carbons (Fsp3) is 0.692. The Balaban J connectivity index is 1.76. The van der Waals surface area contributed by atoms with Crippen LogP contribution in [0.4, 0.5) is 5.13 Å². The Kier molecular flexibility index (Phi) is 3.45. The molecule has 0 amide bonds. The molecule has 2 fully saturated rings. The number of hydrogen-bond donors (Lipinski definition) is 1. The van der Waals surface area contributed by atoms with Crippen molar-refractivity contribution in [3.05, 3.63) is 10.6 Å². The summed E-state index contributed by atoms with van der Waals surface area (Å²) < 4.78 is 0. The highest BCUT2D eigenvalue weighted by molar-refractivity contribution is 7.15. The molecule has 2 aliphatic heterocycles. The molecule has 1 unspecified atom stereocenters. The Bertz CT molecular complexity index is 488. The summed E-state index contributed by atoms with van der Waals surface area (Å²) in [7, 11) is 0. The summed E-state index contributed by atoms with van der Waals surface area (Å²) >= 11 is 1.50. The molecule has 0 bridgehead atoms. The SMILES string of the molecule is Cc1sc(N2CCN3CCCCC3C2)nc1C(=O)O. The molecular weight excluding hydrogens is 262 g/mol. The predicted molar refractivity (Wildman–Crippen MR) is 75.2 cm³/mol. The number of aromatic nitrogens is 1. The van der Waals surface area contributed by atoms with E-state index in [0.717, 1.165) is 29.6 Å². The quantitative estimate of drug-likeness (QED) is 0.896. The number of carboxylic acid groups (broad SMARTS) is 1. The van der Waals surface area contributed by atoms with Crippen molar-refractivity contribution in [2.75, 3.05) is 31.1 Å². The summed E-state index contributed by atoms with van der Waals surface area (Å²) in [5.41, 5.74) is 0.214. The maximum Gasteiger partial charge on any atom is 0.355 e. The van der Waals surface area contributed by atoms with Gasteiger partial charge in [-0.05, 0) is 26.3 Å². The first kappa shape index (κ1) is 12.9. The summed E-state index contributed by atoms with van der Waals surface area (Å²) in [6, 6.07) is 0.625. The average molecular weight is 281 g/mol. The summed E-state index contributed by atoms with van der Waals surface area (Å²) in [5, 5.41) is 9.96. The molecule has 0 spiro atoms. The van der Waals surface area contributed by atoms with E-state index in [1.807, 2.05) is 6.92 Å². The van der Waals surface area contributed by atoms with E-state index in [0.29, 0.717) is 6.04 Å². The van der Waals surface area contributed by atoms with Crippen molar-refractivity contribution in [3.63, 3.8) is 0 Å². The number of nitrogens with zero attached hydrogens (tertiary/aromatic N) is 3. The smallest absolute Gasteiger partial charge is 0.355 e. The van der Waals surface area contributed by atoms with Crippen LogP contribution in [-0.2, 0) is 0 Å². The third-order valence-electron chi connectivity index (χ3n) is 4.10. The van der Waals surface area contributed by atoms with E-state index in [2.05, 4.69) is 14.8 Å². The van der Waals surface area contributed by atoms with Crippen LogP contribution in [0.3, 0.4) is 0 Å². The van der Waals surface area contributed by atoms with Crippen molar-refractivity contribution in [1.29, 1.82) is 0 Å². The molecule has 3 rings (SSSR count). The minimum Gasteiger partial charge on any atom is -0.476 e. The second kappa shape index (κ2) is 5.09. The van der Waals surface area contributed by atoms with Gasteiger partial charge in [0.1, 0.15) is 0 Å². The number of carboxylic acids is 1. The molecular formula is C13H19N3O2S. The largest absolute Gasteiger partial charge is 0.476 e. The predicted octanol–water partition coefficient (Wildman–Crippen LogP) is 1.82. The van der Waals surface area contributed by atoms with Gasteiger partial charge in [-0.3, -0.25) is 4.90 Å². The highest BCUT2D eigenvalue weighted by Gasteiger charge is 2.30. The van der Waals surface area contributed by atoms with Gasteiger partial charge in [0.15, 0.2) is 10.8 Å². The lowest BCUT2D eigenvalue weighted by atomic mass is 10.00. The molecule has 1 N–H and O–H groups in total. The Labute approximate surface area is 116 Å². The molecule has 0 aromatic carbocycles. The lowest BCUT2D eigenvalue weighted by molar-refractivity contribution is 0.0690. The van der Waals surface area contributed by atoms with Gasteiger partial charge in [0, 0.05) is 30.6 Å². The lowest BCUT2D eigenvalue weighted by Gasteiger charge is -2.43. The molecule has 0 saturated carbocycles. The molecule has 1 aromatic heterocycles. The lowest BCUT2D eigenvalue weighted by Crippen LogP contribution is -2.54. The van der Waals surface area contributed by atoms with Crippen molar-refractivity contribution in [1.82, 2.24) is 9.88 Å². The molecule has 2 saturated heterocycles. The third-order valence-corrected chi connectivity index (χ3v) is 5.13. The van der Waals surface area contributed by atoms with Crippen molar-refractivity contribution in [2.24, 2.45) is 0 Å². The van der Waals surface area contributed by atoms with E-state index in [9.17, 15) is 4.79 Å². The first-order valence-electron chi connectivity index (χ1n) is 6.85. The molecule has 2 aliphatic rings. The highest BCUT2D eigenvalue weighted by atomic mass is 32.1. The normalized spacial score (nSPS) is 24.3. The van der Waals surface area contributed by atoms with E-state index in [1.165, 1.54) is 37.1 Å². The van der Waals surface area contributed by atoms with Crippen molar-refractivity contribution in [3.8, 4) is 0 Å². The van der Waals surface area contributed by atoms with Crippen LogP contribution in [0, 0.1) is 6.92 Å². The number of aryl methyl sites for hydroxylation is 1. The number of hydrogen-bond acceptors (Lipinski definition) is 5. The first-order chi connectivity index (χ1) is 9.15. The van der Waals surface area contributed by atoms with E-state index >= 15 is 0 Å². The number of aromatic carboxylic acids is 1. The zero-order valence-electron chi connectivity index (χ0n) is 11.1. The van der Waals surface area contributed by atoms with E-state index in [4.69, 9.17) is 5.11 Å². The van der Waals surface area contributed by atoms with Gasteiger partial charge in [-0.2, -0.15) is 0 Å². The molecule has 0 aliphatic carbocycles. The van der Waals surface area contributed by atoms with Crippen LogP contribution in [0.15, 0.2) is 0 Å². The molecule has 1 aromatic rings. The van der Waals surface area contributed by atoms with Crippen LogP contribution in [0.25, 0.3) is 0 Å². The van der Waals surface area contributed by atoms with Gasteiger partial charge in [0.2, 0.25) is 0 Å². The van der Waals surface area contributed by atoms with Crippen LogP contribution in [0.1, 0.15) is 34.6 Å². The maximum atomic E-state index is 11.1. The molecule has 0 radical (unpaired) electrons. The van der Waals surface area contributed by atoms with E-state index < -0.39 is 5.97 Å². The maximum absolute atomic E-state index is 11.1.